The summed E-state index contributed by atoms with van der Waals surface area (Å²) in [5, 5.41) is 11.1. The molecule has 3 aromatic carbocycles. The van der Waals surface area contributed by atoms with Crippen molar-refractivity contribution >= 4 is 5.91 Å². The highest BCUT2D eigenvalue weighted by atomic mass is 19.1. The molecule has 0 radical (unpaired) electrons. The predicted molar refractivity (Wildman–Crippen MR) is 129 cm³/mol. The summed E-state index contributed by atoms with van der Waals surface area (Å²) in [6.45, 7) is 3.99. The van der Waals surface area contributed by atoms with Crippen LogP contribution >= 0.6 is 0 Å². The first kappa shape index (κ1) is 22.2. The van der Waals surface area contributed by atoms with Crippen LogP contribution in [0.1, 0.15) is 27.3 Å². The lowest BCUT2D eigenvalue weighted by Gasteiger charge is -2.10. The second-order valence-corrected chi connectivity index (χ2v) is 8.12. The summed E-state index contributed by atoms with van der Waals surface area (Å²) >= 11 is 0. The lowest BCUT2D eigenvalue weighted by Crippen LogP contribution is -2.22. The molecule has 5 aromatic rings. The number of hydrogen-bond donors (Lipinski definition) is 1. The van der Waals surface area contributed by atoms with Crippen LogP contribution in [0.2, 0.25) is 0 Å². The fourth-order valence-corrected chi connectivity index (χ4v) is 3.80. The van der Waals surface area contributed by atoms with Gasteiger partial charge < -0.3 is 14.3 Å². The van der Waals surface area contributed by atoms with E-state index in [4.69, 9.17) is 4.42 Å². The molecule has 35 heavy (non-hydrogen) atoms. The van der Waals surface area contributed by atoms with E-state index in [1.165, 1.54) is 6.07 Å². The molecule has 8 heteroatoms. The maximum Gasteiger partial charge on any atom is 0.251 e. The number of halogens is 1. The van der Waals surface area contributed by atoms with Crippen LogP contribution in [0, 0.1) is 19.7 Å². The smallest absolute Gasteiger partial charge is 0.251 e. The normalized spacial score (nSPS) is 10.9. The van der Waals surface area contributed by atoms with Crippen molar-refractivity contribution < 1.29 is 13.6 Å². The van der Waals surface area contributed by atoms with Crippen LogP contribution in [0.25, 0.3) is 28.6 Å². The van der Waals surface area contributed by atoms with Gasteiger partial charge in [-0.25, -0.2) is 9.37 Å². The Morgan fingerprint density at radius 2 is 1.77 bits per heavy atom. The Hall–Kier alpha value is -4.59. The molecule has 2 heterocycles. The van der Waals surface area contributed by atoms with Crippen molar-refractivity contribution in [2.75, 3.05) is 0 Å². The lowest BCUT2D eigenvalue weighted by molar-refractivity contribution is 0.0951. The third-order valence-corrected chi connectivity index (χ3v) is 5.74. The van der Waals surface area contributed by atoms with Crippen LogP contribution in [-0.2, 0) is 6.54 Å². The molecular formula is C27H22FN5O2. The van der Waals surface area contributed by atoms with E-state index in [-0.39, 0.29) is 18.3 Å². The Kier molecular flexibility index (Phi) is 5.93. The second-order valence-electron chi connectivity index (χ2n) is 8.12. The summed E-state index contributed by atoms with van der Waals surface area (Å²) < 4.78 is 22.1. The van der Waals surface area contributed by atoms with Crippen LogP contribution in [0.5, 0.6) is 0 Å². The van der Waals surface area contributed by atoms with Gasteiger partial charge in [-0.3, -0.25) is 4.79 Å². The molecule has 1 N–H and O–H groups in total. The topological polar surface area (TPSA) is 85.8 Å². The van der Waals surface area contributed by atoms with Gasteiger partial charge in [0, 0.05) is 35.6 Å². The van der Waals surface area contributed by atoms with Crippen molar-refractivity contribution in [3.05, 3.63) is 107 Å². The molecule has 7 nitrogen and oxygen atoms in total. The van der Waals surface area contributed by atoms with Crippen molar-refractivity contribution in [2.45, 2.75) is 20.4 Å². The maximum atomic E-state index is 14.6. The number of rotatable bonds is 6. The van der Waals surface area contributed by atoms with Gasteiger partial charge in [-0.05, 0) is 67.4 Å². The fraction of sp³-hybridized carbons (Fsp3) is 0.111. The monoisotopic (exact) mass is 467 g/mol. The molecule has 174 valence electrons. The molecule has 0 spiro atoms. The number of aromatic nitrogens is 4. The number of carbonyl (C=O) groups excluding carboxylic acids is 1. The molecule has 0 aliphatic carbocycles. The summed E-state index contributed by atoms with van der Waals surface area (Å²) in [6, 6.07) is 19.5. The van der Waals surface area contributed by atoms with Crippen molar-refractivity contribution in [1.82, 2.24) is 25.1 Å². The number of amides is 1. The highest BCUT2D eigenvalue weighted by Gasteiger charge is 2.14. The number of imidazole rings is 1. The molecule has 5 rings (SSSR count). The minimum Gasteiger partial charge on any atom is -0.416 e. The van der Waals surface area contributed by atoms with E-state index in [0.717, 1.165) is 11.1 Å². The standard InChI is InChI=1S/C27H22FN5O2/c1-17-5-3-4-6-22(17)27-32-31-26(35-27)21-10-8-20(9-11-21)25(34)30-16-19-7-12-24(23(28)15-19)33-14-13-29-18(33)2/h3-15H,16H2,1-2H3,(H,30,34). The molecule has 0 saturated carbocycles. The van der Waals surface area contributed by atoms with E-state index in [9.17, 15) is 9.18 Å². The fourth-order valence-electron chi connectivity index (χ4n) is 3.80. The minimum atomic E-state index is -0.383. The second kappa shape index (κ2) is 9.34. The van der Waals surface area contributed by atoms with E-state index in [0.29, 0.717) is 40.0 Å². The number of benzene rings is 3. The molecule has 2 aromatic heterocycles. The predicted octanol–water partition coefficient (Wildman–Crippen LogP) is 5.28. The lowest BCUT2D eigenvalue weighted by atomic mass is 10.1. The highest BCUT2D eigenvalue weighted by Crippen LogP contribution is 2.26. The van der Waals surface area contributed by atoms with Crippen molar-refractivity contribution in [3.63, 3.8) is 0 Å². The molecule has 0 aliphatic heterocycles. The molecule has 0 unspecified atom stereocenters. The molecule has 0 fully saturated rings. The third kappa shape index (κ3) is 4.59. The first-order valence-electron chi connectivity index (χ1n) is 11.1. The minimum absolute atomic E-state index is 0.199. The van der Waals surface area contributed by atoms with Gasteiger partial charge >= 0.3 is 0 Å². The summed E-state index contributed by atoms with van der Waals surface area (Å²) in [5.74, 6) is 0.866. The van der Waals surface area contributed by atoms with Crippen molar-refractivity contribution in [1.29, 1.82) is 0 Å². The molecule has 0 saturated heterocycles. The number of carbonyl (C=O) groups is 1. The average Bonchev–Trinajstić information content (AvgIpc) is 3.52. The summed E-state index contributed by atoms with van der Waals surface area (Å²) in [7, 11) is 0. The zero-order valence-electron chi connectivity index (χ0n) is 19.2. The molecule has 1 amide bonds. The van der Waals surface area contributed by atoms with Gasteiger partial charge in [0.1, 0.15) is 11.6 Å². The van der Waals surface area contributed by atoms with Gasteiger partial charge in [-0.2, -0.15) is 0 Å². The quantitative estimate of drug-likeness (QED) is 0.367. The SMILES string of the molecule is Cc1ccccc1-c1nnc(-c2ccc(C(=O)NCc3ccc(-n4ccnc4C)c(F)c3)cc2)o1. The zero-order chi connectivity index (χ0) is 24.4. The third-order valence-electron chi connectivity index (χ3n) is 5.74. The molecule has 0 aliphatic rings. The van der Waals surface area contributed by atoms with Gasteiger partial charge in [-0.1, -0.05) is 24.3 Å². The Balaban J connectivity index is 1.24. The number of nitrogens with one attached hydrogen (secondary N) is 1. The van der Waals surface area contributed by atoms with Gasteiger partial charge in [-0.15, -0.1) is 10.2 Å². The van der Waals surface area contributed by atoms with Crippen LogP contribution in [0.15, 0.2) is 83.5 Å². The summed E-state index contributed by atoms with van der Waals surface area (Å²) in [4.78, 5) is 16.7. The summed E-state index contributed by atoms with van der Waals surface area (Å²) in [5.41, 5.74) is 4.17. The van der Waals surface area contributed by atoms with Crippen LogP contribution < -0.4 is 5.32 Å². The zero-order valence-corrected chi connectivity index (χ0v) is 19.2. The van der Waals surface area contributed by atoms with E-state index in [1.807, 2.05) is 31.2 Å². The average molecular weight is 468 g/mol. The Morgan fingerprint density at radius 3 is 2.49 bits per heavy atom. The summed E-state index contributed by atoms with van der Waals surface area (Å²) in [6.07, 6.45) is 3.33. The first-order chi connectivity index (χ1) is 17.0. The molecular weight excluding hydrogens is 445 g/mol. The highest BCUT2D eigenvalue weighted by molar-refractivity contribution is 5.94. The first-order valence-corrected chi connectivity index (χ1v) is 11.1. The van der Waals surface area contributed by atoms with Gasteiger partial charge in [0.2, 0.25) is 11.8 Å². The van der Waals surface area contributed by atoms with Crippen molar-refractivity contribution in [2.24, 2.45) is 0 Å². The Bertz CT molecular complexity index is 1500. The van der Waals surface area contributed by atoms with E-state index >= 15 is 0 Å². The van der Waals surface area contributed by atoms with Gasteiger partial charge in [0.15, 0.2) is 0 Å². The van der Waals surface area contributed by atoms with Gasteiger partial charge in [0.05, 0.1) is 5.69 Å². The molecule has 0 atom stereocenters. The van der Waals surface area contributed by atoms with E-state index in [1.54, 1.807) is 60.3 Å². The molecule has 0 bridgehead atoms. The number of aryl methyl sites for hydroxylation is 2. The maximum absolute atomic E-state index is 14.6. The number of hydrogen-bond acceptors (Lipinski definition) is 5. The van der Waals surface area contributed by atoms with Crippen LogP contribution in [0.3, 0.4) is 0 Å². The van der Waals surface area contributed by atoms with E-state index < -0.39 is 0 Å². The Labute approximate surface area is 201 Å². The Morgan fingerprint density at radius 1 is 1.00 bits per heavy atom. The van der Waals surface area contributed by atoms with Crippen LogP contribution in [0.4, 0.5) is 4.39 Å². The largest absolute Gasteiger partial charge is 0.416 e. The van der Waals surface area contributed by atoms with Crippen molar-refractivity contribution in [3.8, 4) is 28.6 Å². The van der Waals surface area contributed by atoms with Crippen LogP contribution in [-0.4, -0.2) is 25.7 Å². The van der Waals surface area contributed by atoms with Gasteiger partial charge in [0.25, 0.3) is 5.91 Å². The van der Waals surface area contributed by atoms with E-state index in [2.05, 4.69) is 20.5 Å². The number of nitrogens with zero attached hydrogens (tertiary/aromatic N) is 4.